The Morgan fingerprint density at radius 3 is 2.48 bits per heavy atom. The van der Waals surface area contributed by atoms with Crippen molar-refractivity contribution < 1.29 is 4.92 Å². The summed E-state index contributed by atoms with van der Waals surface area (Å²) in [5.41, 5.74) is -0.0550. The van der Waals surface area contributed by atoms with Gasteiger partial charge in [-0.25, -0.2) is 9.97 Å². The molecule has 21 heavy (non-hydrogen) atoms. The van der Waals surface area contributed by atoms with E-state index in [1.54, 1.807) is 0 Å². The van der Waals surface area contributed by atoms with E-state index in [1.165, 1.54) is 25.2 Å². The first-order valence-corrected chi connectivity index (χ1v) is 7.66. The van der Waals surface area contributed by atoms with Crippen molar-refractivity contribution >= 4 is 11.6 Å². The van der Waals surface area contributed by atoms with Crippen LogP contribution in [0.4, 0.5) is 11.6 Å². The molecule has 3 heterocycles. The number of nitrogens with one attached hydrogen (secondary N) is 1. The maximum atomic E-state index is 10.7. The number of hydrogen-bond donors (Lipinski definition) is 1. The summed E-state index contributed by atoms with van der Waals surface area (Å²) in [6, 6.07) is 1.64. The highest BCUT2D eigenvalue weighted by Gasteiger charge is 2.36. The van der Waals surface area contributed by atoms with Gasteiger partial charge < -0.3 is 10.2 Å². The van der Waals surface area contributed by atoms with Crippen molar-refractivity contribution in [3.05, 3.63) is 22.5 Å². The lowest BCUT2D eigenvalue weighted by Crippen LogP contribution is -2.49. The zero-order valence-electron chi connectivity index (χ0n) is 12.2. The molecular formula is C14H21N5O2. The number of anilines is 1. The van der Waals surface area contributed by atoms with Gasteiger partial charge in [0.25, 0.3) is 0 Å². The summed E-state index contributed by atoms with van der Waals surface area (Å²) >= 11 is 0. The van der Waals surface area contributed by atoms with Crippen molar-refractivity contribution in [3.63, 3.8) is 0 Å². The van der Waals surface area contributed by atoms with Crippen molar-refractivity contribution in [3.8, 4) is 0 Å². The molecule has 2 atom stereocenters. The molecule has 7 nitrogen and oxygen atoms in total. The van der Waals surface area contributed by atoms with Crippen LogP contribution in [0.1, 0.15) is 39.0 Å². The van der Waals surface area contributed by atoms with E-state index in [0.717, 1.165) is 25.8 Å². The minimum Gasteiger partial charge on any atom is -0.338 e. The fraction of sp³-hybridized carbons (Fsp3) is 0.714. The maximum absolute atomic E-state index is 10.7. The van der Waals surface area contributed by atoms with Gasteiger partial charge in [-0.3, -0.25) is 10.1 Å². The van der Waals surface area contributed by atoms with E-state index in [2.05, 4.69) is 27.1 Å². The lowest BCUT2D eigenvalue weighted by atomic mass is 9.98. The molecule has 1 aromatic heterocycles. The van der Waals surface area contributed by atoms with Crippen molar-refractivity contribution in [1.82, 2.24) is 15.3 Å². The molecule has 2 aliphatic rings. The zero-order chi connectivity index (χ0) is 14.8. The largest absolute Gasteiger partial charge is 0.338 e. The SMILES string of the molecule is CCCN(c1ncc([N+](=O)[O-])cn1)C1CC2CCC(C1)N2. The summed E-state index contributed by atoms with van der Waals surface area (Å²) in [7, 11) is 0. The third kappa shape index (κ3) is 2.97. The summed E-state index contributed by atoms with van der Waals surface area (Å²) in [5, 5.41) is 14.3. The average molecular weight is 291 g/mol. The summed E-state index contributed by atoms with van der Waals surface area (Å²) in [5.74, 6) is 0.619. The fourth-order valence-corrected chi connectivity index (χ4v) is 3.53. The molecule has 2 aliphatic heterocycles. The minimum absolute atomic E-state index is 0.0550. The standard InChI is InChI=1S/C14H21N5O2/c1-2-5-18(12-6-10-3-4-11(7-12)17-10)14-15-8-13(9-16-14)19(20)21/h8-12,17H,2-7H2,1H3. The monoisotopic (exact) mass is 291 g/mol. The van der Waals surface area contributed by atoms with Crippen LogP contribution in [-0.4, -0.2) is 39.6 Å². The summed E-state index contributed by atoms with van der Waals surface area (Å²) in [6.07, 6.45) is 8.35. The molecule has 2 saturated heterocycles. The highest BCUT2D eigenvalue weighted by Crippen LogP contribution is 2.31. The summed E-state index contributed by atoms with van der Waals surface area (Å²) in [4.78, 5) is 20.9. The maximum Gasteiger partial charge on any atom is 0.305 e. The molecular weight excluding hydrogens is 270 g/mol. The lowest BCUT2D eigenvalue weighted by molar-refractivity contribution is -0.385. The molecule has 7 heteroatoms. The van der Waals surface area contributed by atoms with Gasteiger partial charge in [0.15, 0.2) is 0 Å². The average Bonchev–Trinajstić information content (AvgIpc) is 2.83. The Balaban J connectivity index is 1.78. The van der Waals surface area contributed by atoms with Gasteiger partial charge in [0.1, 0.15) is 12.4 Å². The summed E-state index contributed by atoms with van der Waals surface area (Å²) < 4.78 is 0. The predicted octanol–water partition coefficient (Wildman–Crippen LogP) is 1.88. The first-order valence-electron chi connectivity index (χ1n) is 7.66. The minimum atomic E-state index is -0.460. The van der Waals surface area contributed by atoms with Gasteiger partial charge in [0.05, 0.1) is 4.92 Å². The van der Waals surface area contributed by atoms with Gasteiger partial charge in [0.2, 0.25) is 5.95 Å². The van der Waals surface area contributed by atoms with Crippen LogP contribution in [-0.2, 0) is 0 Å². The third-order valence-corrected chi connectivity index (χ3v) is 4.45. The molecule has 0 aliphatic carbocycles. The smallest absolute Gasteiger partial charge is 0.305 e. The van der Waals surface area contributed by atoms with Crippen LogP contribution < -0.4 is 10.2 Å². The number of nitrogens with zero attached hydrogens (tertiary/aromatic N) is 4. The van der Waals surface area contributed by atoms with Crippen LogP contribution in [0, 0.1) is 10.1 Å². The second kappa shape index (κ2) is 5.93. The van der Waals surface area contributed by atoms with E-state index in [1.807, 2.05) is 0 Å². The van der Waals surface area contributed by atoms with E-state index >= 15 is 0 Å². The van der Waals surface area contributed by atoms with E-state index < -0.39 is 4.92 Å². The van der Waals surface area contributed by atoms with Crippen molar-refractivity contribution in [2.45, 2.75) is 57.2 Å². The van der Waals surface area contributed by atoms with Crippen LogP contribution in [0.15, 0.2) is 12.4 Å². The topological polar surface area (TPSA) is 84.2 Å². The van der Waals surface area contributed by atoms with Crippen LogP contribution >= 0.6 is 0 Å². The van der Waals surface area contributed by atoms with Crippen LogP contribution in [0.25, 0.3) is 0 Å². The second-order valence-electron chi connectivity index (χ2n) is 5.95. The Morgan fingerprint density at radius 2 is 1.95 bits per heavy atom. The second-order valence-corrected chi connectivity index (χ2v) is 5.95. The number of nitro groups is 1. The van der Waals surface area contributed by atoms with Gasteiger partial charge in [-0.2, -0.15) is 0 Å². The van der Waals surface area contributed by atoms with Crippen molar-refractivity contribution in [2.24, 2.45) is 0 Å². The fourth-order valence-electron chi connectivity index (χ4n) is 3.53. The number of hydrogen-bond acceptors (Lipinski definition) is 6. The molecule has 1 aromatic rings. The van der Waals surface area contributed by atoms with Gasteiger partial charge in [-0.05, 0) is 32.1 Å². The Bertz CT molecular complexity index is 495. The number of rotatable bonds is 5. The van der Waals surface area contributed by atoms with Gasteiger partial charge in [-0.15, -0.1) is 0 Å². The summed E-state index contributed by atoms with van der Waals surface area (Å²) in [6.45, 7) is 3.02. The lowest BCUT2D eigenvalue weighted by Gasteiger charge is -2.37. The Kier molecular flexibility index (Phi) is 4.01. The third-order valence-electron chi connectivity index (χ3n) is 4.45. The van der Waals surface area contributed by atoms with Gasteiger partial charge >= 0.3 is 5.69 Å². The van der Waals surface area contributed by atoms with E-state index in [9.17, 15) is 10.1 Å². The quantitative estimate of drug-likeness (QED) is 0.658. The van der Waals surface area contributed by atoms with E-state index in [4.69, 9.17) is 0 Å². The highest BCUT2D eigenvalue weighted by molar-refractivity contribution is 5.35. The normalized spacial score (nSPS) is 27.6. The molecule has 1 N–H and O–H groups in total. The molecule has 0 aromatic carbocycles. The van der Waals surface area contributed by atoms with Crippen molar-refractivity contribution in [2.75, 3.05) is 11.4 Å². The molecule has 0 saturated carbocycles. The first kappa shape index (κ1) is 14.2. The number of fused-ring (bicyclic) bond motifs is 2. The predicted molar refractivity (Wildman–Crippen MR) is 79.3 cm³/mol. The molecule has 0 amide bonds. The van der Waals surface area contributed by atoms with Gasteiger partial charge in [0, 0.05) is 24.7 Å². The van der Waals surface area contributed by atoms with Crippen molar-refractivity contribution in [1.29, 1.82) is 0 Å². The molecule has 0 radical (unpaired) electrons. The molecule has 114 valence electrons. The van der Waals surface area contributed by atoms with Crippen LogP contribution in [0.3, 0.4) is 0 Å². The first-order chi connectivity index (χ1) is 10.2. The van der Waals surface area contributed by atoms with E-state index in [0.29, 0.717) is 24.1 Å². The number of aromatic nitrogens is 2. The molecule has 2 fully saturated rings. The highest BCUT2D eigenvalue weighted by atomic mass is 16.6. The Hall–Kier alpha value is -1.76. The Labute approximate surface area is 123 Å². The van der Waals surface area contributed by atoms with Crippen LogP contribution in [0.2, 0.25) is 0 Å². The van der Waals surface area contributed by atoms with Gasteiger partial charge in [-0.1, -0.05) is 6.92 Å². The molecule has 3 rings (SSSR count). The molecule has 0 spiro atoms. The number of piperidine rings is 1. The molecule has 2 bridgehead atoms. The zero-order valence-corrected chi connectivity index (χ0v) is 12.2. The van der Waals surface area contributed by atoms with E-state index in [-0.39, 0.29) is 5.69 Å². The van der Waals surface area contributed by atoms with Crippen LogP contribution in [0.5, 0.6) is 0 Å². The Morgan fingerprint density at radius 1 is 1.33 bits per heavy atom. The molecule has 2 unspecified atom stereocenters.